The third kappa shape index (κ3) is 6.48. The molecule has 1 saturated carbocycles. The third-order valence-corrected chi connectivity index (χ3v) is 8.78. The van der Waals surface area contributed by atoms with Crippen LogP contribution in [0.5, 0.6) is 5.75 Å². The molecule has 1 amide bonds. The van der Waals surface area contributed by atoms with E-state index < -0.39 is 17.8 Å². The van der Waals surface area contributed by atoms with E-state index in [-0.39, 0.29) is 43.1 Å². The summed E-state index contributed by atoms with van der Waals surface area (Å²) >= 11 is 5.89. The van der Waals surface area contributed by atoms with Gasteiger partial charge >= 0.3 is 6.18 Å². The lowest BCUT2D eigenvalue weighted by Gasteiger charge is -2.32. The largest absolute Gasteiger partial charge is 0.493 e. The van der Waals surface area contributed by atoms with Crippen LogP contribution in [-0.2, 0) is 30.4 Å². The molecule has 1 aliphatic carbocycles. The van der Waals surface area contributed by atoms with E-state index >= 15 is 0 Å². The summed E-state index contributed by atoms with van der Waals surface area (Å²) < 4.78 is 59.5. The van der Waals surface area contributed by atoms with Gasteiger partial charge in [-0.25, -0.2) is 19.3 Å². The van der Waals surface area contributed by atoms with Gasteiger partial charge in [-0.15, -0.1) is 0 Å². The molecule has 3 aromatic rings. The van der Waals surface area contributed by atoms with Crippen molar-refractivity contribution < 1.29 is 27.1 Å². The zero-order valence-corrected chi connectivity index (χ0v) is 23.6. The maximum atomic E-state index is 14.8. The topological polar surface area (TPSA) is 87.2 Å². The van der Waals surface area contributed by atoms with Crippen LogP contribution in [0.25, 0.3) is 0 Å². The highest BCUT2D eigenvalue weighted by molar-refractivity contribution is 6.30. The van der Waals surface area contributed by atoms with Crippen LogP contribution in [-0.4, -0.2) is 57.0 Å². The lowest BCUT2D eigenvalue weighted by atomic mass is 9.90. The van der Waals surface area contributed by atoms with E-state index in [9.17, 15) is 22.4 Å². The molecule has 2 unspecified atom stereocenters. The number of carbonyl (C=O) groups excluding carboxylic acids is 1. The first-order chi connectivity index (χ1) is 20.1. The normalized spacial score (nSPS) is 20.9. The lowest BCUT2D eigenvalue weighted by Crippen LogP contribution is -2.37. The van der Waals surface area contributed by atoms with Crippen molar-refractivity contribution >= 4 is 23.5 Å². The number of fused-ring (bicyclic) bond motifs is 1. The maximum absolute atomic E-state index is 14.8. The number of rotatable bonds is 8. The first-order valence-corrected chi connectivity index (χ1v) is 14.6. The molecular weight excluding hydrogens is 576 g/mol. The second-order valence-corrected chi connectivity index (χ2v) is 11.8. The van der Waals surface area contributed by atoms with E-state index in [0.29, 0.717) is 40.8 Å². The number of aromatic amines is 1. The van der Waals surface area contributed by atoms with Gasteiger partial charge in [0, 0.05) is 32.1 Å². The van der Waals surface area contributed by atoms with Crippen LogP contribution in [0, 0.1) is 23.6 Å². The van der Waals surface area contributed by atoms with Gasteiger partial charge in [-0.05, 0) is 55.1 Å². The Morgan fingerprint density at radius 1 is 1.14 bits per heavy atom. The number of hydrogen-bond donors (Lipinski definition) is 1. The molecule has 2 fully saturated rings. The van der Waals surface area contributed by atoms with Crippen LogP contribution < -0.4 is 9.64 Å². The van der Waals surface area contributed by atoms with Crippen molar-refractivity contribution in [3.8, 4) is 5.75 Å². The quantitative estimate of drug-likeness (QED) is 0.343. The summed E-state index contributed by atoms with van der Waals surface area (Å²) in [5.74, 6) is 1.16. The monoisotopic (exact) mass is 606 g/mol. The van der Waals surface area contributed by atoms with Gasteiger partial charge in [-0.2, -0.15) is 13.2 Å². The molecule has 3 aliphatic rings. The minimum absolute atomic E-state index is 0.0158. The molecule has 4 heterocycles. The van der Waals surface area contributed by atoms with Crippen LogP contribution >= 0.6 is 11.6 Å². The van der Waals surface area contributed by atoms with Gasteiger partial charge in [-0.3, -0.25) is 4.79 Å². The Hall–Kier alpha value is -3.41. The molecule has 0 radical (unpaired) electrons. The van der Waals surface area contributed by atoms with Crippen molar-refractivity contribution in [2.45, 2.75) is 51.2 Å². The number of benzene rings is 1. The number of H-pyrrole nitrogens is 1. The number of carbonyl (C=O) groups is 1. The van der Waals surface area contributed by atoms with Crippen LogP contribution in [0.4, 0.5) is 23.5 Å². The molecule has 0 bridgehead atoms. The Morgan fingerprint density at radius 2 is 1.90 bits per heavy atom. The molecule has 1 saturated heterocycles. The Labute approximate surface area is 245 Å². The van der Waals surface area contributed by atoms with Gasteiger partial charge in [0.2, 0.25) is 17.7 Å². The number of halogens is 5. The van der Waals surface area contributed by atoms with Crippen LogP contribution in [0.1, 0.15) is 48.5 Å². The van der Waals surface area contributed by atoms with Gasteiger partial charge in [0.1, 0.15) is 11.6 Å². The van der Waals surface area contributed by atoms with Crippen molar-refractivity contribution in [1.82, 2.24) is 24.8 Å². The predicted octanol–water partition coefficient (Wildman–Crippen LogP) is 5.46. The van der Waals surface area contributed by atoms with E-state index in [1.165, 1.54) is 23.5 Å². The van der Waals surface area contributed by atoms with Gasteiger partial charge in [0.15, 0.2) is 0 Å². The van der Waals surface area contributed by atoms with Gasteiger partial charge in [-0.1, -0.05) is 17.7 Å². The number of nitrogens with zero attached hydrogens (tertiary/aromatic N) is 5. The van der Waals surface area contributed by atoms with Crippen molar-refractivity contribution in [3.63, 3.8) is 0 Å². The van der Waals surface area contributed by atoms with E-state index in [1.807, 2.05) is 0 Å². The maximum Gasteiger partial charge on any atom is 0.449 e. The highest BCUT2D eigenvalue weighted by atomic mass is 35.5. The predicted molar refractivity (Wildman–Crippen MR) is 147 cm³/mol. The number of imidazole rings is 1. The second kappa shape index (κ2) is 11.7. The standard InChI is InChI=1S/C29H31ClF4N6O2/c30-20-14-35-28(36-15-20)39-7-3-17(4-8-39)22-11-18(22)6-10-42-21-2-1-19(23(31)13-21)12-26(41)40-9-5-24-25(16-40)38-27(37-24)29(32,33)34/h1-2,13-15,17-18,22H,3-12,16H2,(H,37,38). The fourth-order valence-corrected chi connectivity index (χ4v) is 6.28. The van der Waals surface area contributed by atoms with E-state index in [0.717, 1.165) is 38.3 Å². The summed E-state index contributed by atoms with van der Waals surface area (Å²) in [4.78, 5) is 30.9. The first-order valence-electron chi connectivity index (χ1n) is 14.2. The number of hydrogen-bond acceptors (Lipinski definition) is 6. The molecule has 1 N–H and O–H groups in total. The summed E-state index contributed by atoms with van der Waals surface area (Å²) in [7, 11) is 0. The van der Waals surface area contributed by atoms with E-state index in [2.05, 4.69) is 24.8 Å². The summed E-state index contributed by atoms with van der Waals surface area (Å²) in [6.07, 6.45) is 3.01. The number of piperidine rings is 1. The molecule has 2 aromatic heterocycles. The van der Waals surface area contributed by atoms with Gasteiger partial charge in [0.05, 0.1) is 48.4 Å². The molecule has 1 aromatic carbocycles. The Bertz CT molecular complexity index is 1420. The molecular formula is C29H31ClF4N6O2. The van der Waals surface area contributed by atoms with Crippen LogP contribution in [0.2, 0.25) is 5.02 Å². The molecule has 8 nitrogen and oxygen atoms in total. The zero-order chi connectivity index (χ0) is 29.4. The minimum Gasteiger partial charge on any atom is -0.493 e. The Morgan fingerprint density at radius 3 is 2.62 bits per heavy atom. The van der Waals surface area contributed by atoms with E-state index in [1.54, 1.807) is 18.5 Å². The highest BCUT2D eigenvalue weighted by Crippen LogP contribution is 2.50. The smallest absolute Gasteiger partial charge is 0.449 e. The average molecular weight is 607 g/mol. The summed E-state index contributed by atoms with van der Waals surface area (Å²) in [5.41, 5.74) is 0.796. The average Bonchev–Trinajstić information content (AvgIpc) is 3.60. The highest BCUT2D eigenvalue weighted by Gasteiger charge is 2.43. The lowest BCUT2D eigenvalue weighted by molar-refractivity contribution is -0.144. The molecule has 6 rings (SSSR count). The summed E-state index contributed by atoms with van der Waals surface area (Å²) in [5, 5.41) is 0.531. The van der Waals surface area contributed by atoms with Crippen molar-refractivity contribution in [2.24, 2.45) is 17.8 Å². The Kier molecular flexibility index (Phi) is 7.99. The third-order valence-electron chi connectivity index (χ3n) is 8.59. The summed E-state index contributed by atoms with van der Waals surface area (Å²) in [6, 6.07) is 4.48. The van der Waals surface area contributed by atoms with Crippen molar-refractivity contribution in [3.05, 3.63) is 64.2 Å². The fraction of sp³-hybridized carbons (Fsp3) is 0.517. The van der Waals surface area contributed by atoms with Gasteiger partial charge in [0.25, 0.3) is 0 Å². The SMILES string of the molecule is O=C(Cc1ccc(OCCC2CC2C2CCN(c3ncc(Cl)cn3)CC2)cc1F)N1CCc2nc(C(F)(F)F)[nH]c2C1. The molecule has 13 heteroatoms. The summed E-state index contributed by atoms with van der Waals surface area (Å²) in [6.45, 7) is 2.58. The number of aromatic nitrogens is 4. The molecule has 0 spiro atoms. The number of nitrogens with one attached hydrogen (secondary N) is 1. The molecule has 42 heavy (non-hydrogen) atoms. The zero-order valence-electron chi connectivity index (χ0n) is 22.8. The molecule has 2 aliphatic heterocycles. The van der Waals surface area contributed by atoms with Crippen molar-refractivity contribution in [2.75, 3.05) is 31.1 Å². The number of anilines is 1. The number of ether oxygens (including phenoxy) is 1. The minimum atomic E-state index is -4.58. The van der Waals surface area contributed by atoms with E-state index in [4.69, 9.17) is 16.3 Å². The first kappa shape index (κ1) is 28.7. The van der Waals surface area contributed by atoms with Gasteiger partial charge < -0.3 is 19.5 Å². The number of amides is 1. The molecule has 2 atom stereocenters. The second-order valence-electron chi connectivity index (χ2n) is 11.3. The Balaban J connectivity index is 0.929. The van der Waals surface area contributed by atoms with Crippen molar-refractivity contribution in [1.29, 1.82) is 0 Å². The number of alkyl halides is 3. The fourth-order valence-electron chi connectivity index (χ4n) is 6.18. The van der Waals surface area contributed by atoms with Crippen LogP contribution in [0.3, 0.4) is 0 Å². The van der Waals surface area contributed by atoms with Crippen LogP contribution in [0.15, 0.2) is 30.6 Å². The molecule has 224 valence electrons.